The molecule has 6 aromatic rings. The molecule has 1 aliphatic heterocycles. The highest BCUT2D eigenvalue weighted by atomic mass is 35.5. The van der Waals surface area contributed by atoms with Crippen molar-refractivity contribution in [2.75, 3.05) is 18.4 Å². The van der Waals surface area contributed by atoms with Gasteiger partial charge in [-0.25, -0.2) is 9.48 Å². The topological polar surface area (TPSA) is 76.5 Å². The van der Waals surface area contributed by atoms with Crippen LogP contribution in [0, 0.1) is 5.92 Å². The lowest BCUT2D eigenvalue weighted by Gasteiger charge is -2.37. The van der Waals surface area contributed by atoms with Crippen molar-refractivity contribution >= 4 is 51.9 Å². The van der Waals surface area contributed by atoms with Crippen molar-refractivity contribution in [1.29, 1.82) is 0 Å². The lowest BCUT2D eigenvalue weighted by molar-refractivity contribution is -0.121. The molecule has 0 unspecified atom stereocenters. The summed E-state index contributed by atoms with van der Waals surface area (Å²) in [6.45, 7) is 6.30. The first kappa shape index (κ1) is 35.3. The van der Waals surface area contributed by atoms with Crippen LogP contribution in [0.4, 0.5) is 10.6 Å². The number of aromatic nitrogens is 2. The fourth-order valence-electron chi connectivity index (χ4n) is 7.20. The number of hydrogen-bond donors (Lipinski definition) is 1. The van der Waals surface area contributed by atoms with E-state index in [4.69, 9.17) is 33.0 Å². The van der Waals surface area contributed by atoms with Gasteiger partial charge in [0.15, 0.2) is 5.82 Å². The van der Waals surface area contributed by atoms with Crippen molar-refractivity contribution in [2.45, 2.75) is 44.8 Å². The summed E-state index contributed by atoms with van der Waals surface area (Å²) in [5, 5.41) is 10.3. The van der Waals surface area contributed by atoms with Crippen LogP contribution < -0.4 is 5.32 Å². The van der Waals surface area contributed by atoms with E-state index in [1.165, 1.54) is 0 Å². The number of rotatable bonds is 7. The Morgan fingerprint density at radius 3 is 1.87 bits per heavy atom. The van der Waals surface area contributed by atoms with E-state index < -0.39 is 23.2 Å². The highest BCUT2D eigenvalue weighted by Crippen LogP contribution is 2.45. The number of anilines is 1. The van der Waals surface area contributed by atoms with Crippen molar-refractivity contribution in [3.63, 3.8) is 0 Å². The molecule has 0 spiro atoms. The fourth-order valence-corrected chi connectivity index (χ4v) is 7.82. The summed E-state index contributed by atoms with van der Waals surface area (Å²) in [6, 6.07) is 42.3. The van der Waals surface area contributed by atoms with Crippen molar-refractivity contribution in [3.8, 4) is 11.1 Å². The smallest absolute Gasteiger partial charge is 0.410 e. The van der Waals surface area contributed by atoms with E-state index in [-0.39, 0.29) is 12.5 Å². The number of fused-ring (bicyclic) bond motifs is 1. The molecule has 9 heteroatoms. The number of amides is 2. The van der Waals surface area contributed by atoms with E-state index in [0.29, 0.717) is 46.2 Å². The number of likely N-dealkylation sites (tertiary alicyclic amines) is 1. The molecule has 7 rings (SSSR count). The molecule has 1 atom stereocenters. The first-order chi connectivity index (χ1) is 25.1. The van der Waals surface area contributed by atoms with Crippen LogP contribution in [0.25, 0.3) is 22.0 Å². The Kier molecular flexibility index (Phi) is 9.84. The third-order valence-corrected chi connectivity index (χ3v) is 10.1. The van der Waals surface area contributed by atoms with Gasteiger partial charge >= 0.3 is 6.09 Å². The van der Waals surface area contributed by atoms with Gasteiger partial charge < -0.3 is 15.0 Å². The quantitative estimate of drug-likeness (QED) is 0.166. The summed E-state index contributed by atoms with van der Waals surface area (Å²) in [7, 11) is 0. The average molecular weight is 732 g/mol. The van der Waals surface area contributed by atoms with Crippen molar-refractivity contribution < 1.29 is 14.3 Å². The lowest BCUT2D eigenvalue weighted by Crippen LogP contribution is -2.45. The van der Waals surface area contributed by atoms with Crippen molar-refractivity contribution in [1.82, 2.24) is 14.7 Å². The Balaban J connectivity index is 1.42. The number of nitrogens with zero attached hydrogens (tertiary/aromatic N) is 3. The van der Waals surface area contributed by atoms with Crippen LogP contribution >= 0.6 is 23.2 Å². The molecule has 0 aliphatic carbocycles. The van der Waals surface area contributed by atoms with Crippen LogP contribution in [-0.4, -0.2) is 45.4 Å². The molecule has 1 fully saturated rings. The van der Waals surface area contributed by atoms with Crippen molar-refractivity contribution in [3.05, 3.63) is 154 Å². The summed E-state index contributed by atoms with van der Waals surface area (Å²) in [4.78, 5) is 28.8. The summed E-state index contributed by atoms with van der Waals surface area (Å²) in [5.74, 6) is -0.276. The molecular weight excluding hydrogens is 691 g/mol. The van der Waals surface area contributed by atoms with Crippen LogP contribution in [0.3, 0.4) is 0 Å². The van der Waals surface area contributed by atoms with Gasteiger partial charge in [-0.1, -0.05) is 126 Å². The van der Waals surface area contributed by atoms with Gasteiger partial charge in [0.05, 0.1) is 11.4 Å². The van der Waals surface area contributed by atoms with E-state index in [2.05, 4.69) is 41.7 Å². The maximum atomic E-state index is 14.2. The molecule has 0 radical (unpaired) electrons. The lowest BCUT2D eigenvalue weighted by atomic mass is 9.77. The van der Waals surface area contributed by atoms with E-state index in [1.54, 1.807) is 4.90 Å². The zero-order valence-electron chi connectivity index (χ0n) is 29.4. The van der Waals surface area contributed by atoms with Crippen LogP contribution in [-0.2, 0) is 15.1 Å². The summed E-state index contributed by atoms with van der Waals surface area (Å²) in [6.07, 6.45) is 0.895. The van der Waals surface area contributed by atoms with Crippen molar-refractivity contribution in [2.24, 2.45) is 5.92 Å². The summed E-state index contributed by atoms with van der Waals surface area (Å²) >= 11 is 13.4. The predicted molar refractivity (Wildman–Crippen MR) is 209 cm³/mol. The highest BCUT2D eigenvalue weighted by Gasteiger charge is 2.41. The molecule has 264 valence electrons. The second kappa shape index (κ2) is 14.5. The van der Waals surface area contributed by atoms with Gasteiger partial charge in [0, 0.05) is 34.1 Å². The number of benzene rings is 5. The normalized spacial score (nSPS) is 15.0. The molecule has 1 aliphatic rings. The number of carbonyl (C=O) groups is 2. The van der Waals surface area contributed by atoms with Gasteiger partial charge in [-0.15, -0.1) is 0 Å². The van der Waals surface area contributed by atoms with Crippen LogP contribution in [0.5, 0.6) is 0 Å². The second-order valence-corrected chi connectivity index (χ2v) is 15.0. The van der Waals surface area contributed by atoms with E-state index in [1.807, 2.05) is 116 Å². The third-order valence-electron chi connectivity index (χ3n) is 9.51. The van der Waals surface area contributed by atoms with Gasteiger partial charge in [0.25, 0.3) is 0 Å². The second-order valence-electron chi connectivity index (χ2n) is 14.2. The predicted octanol–water partition coefficient (Wildman–Crippen LogP) is 10.4. The maximum absolute atomic E-state index is 14.2. The van der Waals surface area contributed by atoms with Gasteiger partial charge in [-0.05, 0) is 80.1 Å². The zero-order chi connectivity index (χ0) is 36.5. The molecule has 0 saturated carbocycles. The Morgan fingerprint density at radius 1 is 0.769 bits per heavy atom. The number of piperidine rings is 1. The molecule has 1 N–H and O–H groups in total. The number of halogens is 2. The van der Waals surface area contributed by atoms with E-state index in [9.17, 15) is 9.59 Å². The standard InChI is InChI=1S/C43H40Cl2N4O3/c1-42(2,3)52-41(51)48-26-14-15-30(28-48)40(50)46-39-34-27-29(38-35(44)22-13-23-36(38)45)24-25-37(34)49(47-39)43(31-16-7-4-8-17-31,32-18-9-5-10-19-32)33-20-11-6-12-21-33/h4-13,16-25,27,30H,14-15,26,28H2,1-3H3,(H,46,47,50)/t30-/m1/s1. The zero-order valence-corrected chi connectivity index (χ0v) is 30.9. The molecule has 1 saturated heterocycles. The molecular formula is C43H40Cl2N4O3. The minimum absolute atomic E-state index is 0.217. The summed E-state index contributed by atoms with van der Waals surface area (Å²) in [5.41, 5.74) is 3.68. The molecule has 2 heterocycles. The first-order valence-corrected chi connectivity index (χ1v) is 18.2. The number of carbonyl (C=O) groups excluding carboxylic acids is 2. The van der Waals surface area contributed by atoms with E-state index >= 15 is 0 Å². The highest BCUT2D eigenvalue weighted by molar-refractivity contribution is 6.39. The SMILES string of the molecule is CC(C)(C)OC(=O)N1CCC[C@@H](C(=O)Nc2nn(C(c3ccccc3)(c3ccccc3)c3ccccc3)c3ccc(-c4c(Cl)cccc4Cl)cc23)C1. The maximum Gasteiger partial charge on any atom is 0.410 e. The van der Waals surface area contributed by atoms with Gasteiger partial charge in [-0.2, -0.15) is 5.10 Å². The van der Waals surface area contributed by atoms with Gasteiger partial charge in [-0.3, -0.25) is 4.79 Å². The van der Waals surface area contributed by atoms with Crippen LogP contribution in [0.15, 0.2) is 127 Å². The molecule has 0 bridgehead atoms. The monoisotopic (exact) mass is 730 g/mol. The largest absolute Gasteiger partial charge is 0.444 e. The number of ether oxygens (including phenoxy) is 1. The minimum atomic E-state index is -0.938. The molecule has 7 nitrogen and oxygen atoms in total. The van der Waals surface area contributed by atoms with Crippen LogP contribution in [0.2, 0.25) is 10.0 Å². The molecule has 1 aromatic heterocycles. The first-order valence-electron chi connectivity index (χ1n) is 17.5. The number of nitrogens with one attached hydrogen (secondary N) is 1. The fraction of sp³-hybridized carbons (Fsp3) is 0.233. The Labute approximate surface area is 314 Å². The Bertz CT molecular complexity index is 2100. The van der Waals surface area contributed by atoms with Gasteiger partial charge in [0.1, 0.15) is 11.1 Å². The van der Waals surface area contributed by atoms with E-state index in [0.717, 1.165) is 27.8 Å². The third kappa shape index (κ3) is 6.79. The van der Waals surface area contributed by atoms with Crippen LogP contribution in [0.1, 0.15) is 50.3 Å². The molecule has 52 heavy (non-hydrogen) atoms. The van der Waals surface area contributed by atoms with Gasteiger partial charge in [0.2, 0.25) is 5.91 Å². The Morgan fingerprint density at radius 2 is 1.33 bits per heavy atom. The average Bonchev–Trinajstić information content (AvgIpc) is 3.50. The molecule has 2 amide bonds. The minimum Gasteiger partial charge on any atom is -0.444 e. The molecule has 5 aromatic carbocycles. The Hall–Kier alpha value is -5.11. The number of hydrogen-bond acceptors (Lipinski definition) is 4. The summed E-state index contributed by atoms with van der Waals surface area (Å²) < 4.78 is 7.66.